The number of nitrogens with one attached hydrogen (secondary N) is 1. The molecule has 0 amide bonds. The Kier molecular flexibility index (Phi) is 17.2. The van der Waals surface area contributed by atoms with Crippen LogP contribution in [0.2, 0.25) is 0 Å². The van der Waals surface area contributed by atoms with Crippen molar-refractivity contribution in [2.45, 2.75) is 19.6 Å². The van der Waals surface area contributed by atoms with Gasteiger partial charge in [0.2, 0.25) is 0 Å². The Hall–Kier alpha value is -3.80. The smallest absolute Gasteiger partial charge is 0.104 e. The molecule has 2 unspecified atom stereocenters. The van der Waals surface area contributed by atoms with Gasteiger partial charge in [0.1, 0.15) is 6.10 Å². The molecule has 0 spiro atoms. The first kappa shape index (κ1) is 43.3. The molecule has 2 atom stereocenters. The normalized spacial score (nSPS) is 20.1. The van der Waals surface area contributed by atoms with E-state index in [-0.39, 0.29) is 7.43 Å². The molecule has 56 heavy (non-hydrogen) atoms. The highest BCUT2D eigenvalue weighted by molar-refractivity contribution is 5.50. The molecule has 4 saturated heterocycles. The second-order valence-electron chi connectivity index (χ2n) is 15.8. The highest BCUT2D eigenvalue weighted by Gasteiger charge is 2.26. The van der Waals surface area contributed by atoms with E-state index in [2.05, 4.69) is 135 Å². The van der Waals surface area contributed by atoms with Crippen molar-refractivity contribution in [1.29, 1.82) is 0 Å². The number of aliphatic hydroxyl groups is 1. The first-order valence-corrected chi connectivity index (χ1v) is 20.5. The Morgan fingerprint density at radius 2 is 0.750 bits per heavy atom. The summed E-state index contributed by atoms with van der Waals surface area (Å²) in [5, 5.41) is 13.7. The molecule has 304 valence electrons. The van der Waals surface area contributed by atoms with Crippen molar-refractivity contribution in [3.8, 4) is 0 Å². The van der Waals surface area contributed by atoms with Crippen LogP contribution in [0.4, 0.5) is 11.4 Å². The third-order valence-corrected chi connectivity index (χ3v) is 11.6. The third kappa shape index (κ3) is 12.6. The summed E-state index contributed by atoms with van der Waals surface area (Å²) in [6, 6.07) is 38.8. The summed E-state index contributed by atoms with van der Waals surface area (Å²) >= 11 is 0. The fourth-order valence-electron chi connectivity index (χ4n) is 7.80. The van der Waals surface area contributed by atoms with Crippen molar-refractivity contribution in [1.82, 2.24) is 29.8 Å². The first-order valence-electron chi connectivity index (χ1n) is 20.5. The van der Waals surface area contributed by atoms with E-state index in [1.54, 1.807) is 0 Å². The molecule has 4 aliphatic rings. The molecule has 4 fully saturated rings. The molecule has 8 rings (SSSR count). The molecule has 4 aliphatic heterocycles. The molecule has 0 aliphatic carbocycles. The number of likely N-dealkylation sites (N-methyl/N-ethyl adjacent to an activating group) is 4. The van der Waals surface area contributed by atoms with Gasteiger partial charge in [-0.1, -0.05) is 92.4 Å². The van der Waals surface area contributed by atoms with Gasteiger partial charge < -0.3 is 39.8 Å². The van der Waals surface area contributed by atoms with E-state index in [0.717, 1.165) is 103 Å². The Morgan fingerprint density at radius 1 is 0.411 bits per heavy atom. The van der Waals surface area contributed by atoms with E-state index in [1.165, 1.54) is 35.6 Å². The number of hydrogen-bond acceptors (Lipinski definition) is 9. The molecule has 0 bridgehead atoms. The Morgan fingerprint density at radius 3 is 1.16 bits per heavy atom. The molecule has 4 aromatic rings. The fraction of sp³-hybridized carbons (Fsp3) is 0.489. The largest absolute Gasteiger partial charge is 0.384 e. The Labute approximate surface area is 339 Å². The summed E-state index contributed by atoms with van der Waals surface area (Å²) in [5.74, 6) is 0. The number of rotatable bonds is 7. The SMILES string of the molecule is C.CN1CCN(c2ccc(C(O)c3ccccc3)cc2)CC1.CN1CCN(c2ccc(C(c3ccccc3)N3CCN(C)CC3)cc2)CC1.CN1CCNCC1. The van der Waals surface area contributed by atoms with Gasteiger partial charge in [0.05, 0.1) is 6.04 Å². The van der Waals surface area contributed by atoms with E-state index in [0.29, 0.717) is 6.04 Å². The van der Waals surface area contributed by atoms with Crippen LogP contribution in [0.5, 0.6) is 0 Å². The van der Waals surface area contributed by atoms with Gasteiger partial charge in [0.25, 0.3) is 0 Å². The Bertz CT molecular complexity index is 1630. The molecule has 9 nitrogen and oxygen atoms in total. The first-order chi connectivity index (χ1) is 26.8. The second kappa shape index (κ2) is 22.2. The average molecular weight is 763 g/mol. The summed E-state index contributed by atoms with van der Waals surface area (Å²) in [4.78, 5) is 17.1. The van der Waals surface area contributed by atoms with Crippen LogP contribution in [0.15, 0.2) is 109 Å². The van der Waals surface area contributed by atoms with Gasteiger partial charge in [0, 0.05) is 116 Å². The van der Waals surface area contributed by atoms with E-state index in [1.807, 2.05) is 42.5 Å². The molecular weight excluding hydrogens is 693 g/mol. The second-order valence-corrected chi connectivity index (χ2v) is 15.8. The summed E-state index contributed by atoms with van der Waals surface area (Å²) in [6.45, 7) is 18.2. The van der Waals surface area contributed by atoms with Crippen molar-refractivity contribution in [3.05, 3.63) is 131 Å². The van der Waals surface area contributed by atoms with Crippen LogP contribution in [-0.4, -0.2) is 163 Å². The van der Waals surface area contributed by atoms with Gasteiger partial charge in [0.15, 0.2) is 0 Å². The lowest BCUT2D eigenvalue weighted by molar-refractivity contribution is 0.127. The standard InChI is InChI=1S/C23H32N4.C18H22N2O.C5H12N2.CH4/c1-24-12-16-26(17-13-24)22-10-8-21(9-11-22)23(20-6-4-3-5-7-20)27-18-14-25(2)15-19-27;1-19-11-13-20(14-12-19)17-9-7-16(8-10-17)18(21)15-5-3-2-4-6-15;1-7-4-2-6-3-5-7;/h3-11,23H,12-19H2,1-2H3;2-10,18,21H,11-14H2,1H3;6H,2-5H2,1H3;1H4. The van der Waals surface area contributed by atoms with Crippen LogP contribution in [0.3, 0.4) is 0 Å². The maximum atomic E-state index is 10.4. The maximum Gasteiger partial charge on any atom is 0.104 e. The monoisotopic (exact) mass is 763 g/mol. The summed E-state index contributed by atoms with van der Waals surface area (Å²) in [5.41, 5.74) is 7.28. The van der Waals surface area contributed by atoms with Crippen LogP contribution in [0.1, 0.15) is 41.8 Å². The zero-order valence-corrected chi connectivity index (χ0v) is 33.9. The van der Waals surface area contributed by atoms with Crippen molar-refractivity contribution in [3.63, 3.8) is 0 Å². The minimum atomic E-state index is -0.548. The lowest BCUT2D eigenvalue weighted by Crippen LogP contribution is -2.46. The van der Waals surface area contributed by atoms with Crippen molar-refractivity contribution >= 4 is 11.4 Å². The van der Waals surface area contributed by atoms with Gasteiger partial charge in [-0.05, 0) is 74.7 Å². The minimum absolute atomic E-state index is 0. The van der Waals surface area contributed by atoms with Crippen LogP contribution in [-0.2, 0) is 0 Å². The van der Waals surface area contributed by atoms with Crippen molar-refractivity contribution < 1.29 is 5.11 Å². The molecule has 0 aromatic heterocycles. The number of nitrogens with zero attached hydrogens (tertiary/aromatic N) is 7. The quantitative estimate of drug-likeness (QED) is 0.256. The van der Waals surface area contributed by atoms with Gasteiger partial charge in [-0.25, -0.2) is 0 Å². The maximum absolute atomic E-state index is 10.4. The van der Waals surface area contributed by atoms with Crippen LogP contribution in [0, 0.1) is 0 Å². The van der Waals surface area contributed by atoms with Crippen LogP contribution < -0.4 is 15.1 Å². The molecule has 9 heteroatoms. The average Bonchev–Trinajstić information content (AvgIpc) is 3.24. The molecule has 4 aromatic carbocycles. The van der Waals surface area contributed by atoms with E-state index < -0.39 is 6.10 Å². The van der Waals surface area contributed by atoms with Crippen molar-refractivity contribution in [2.24, 2.45) is 0 Å². The van der Waals surface area contributed by atoms with Gasteiger partial charge in [-0.2, -0.15) is 0 Å². The molecule has 0 radical (unpaired) electrons. The third-order valence-electron chi connectivity index (χ3n) is 11.6. The van der Waals surface area contributed by atoms with Gasteiger partial charge in [-0.3, -0.25) is 4.90 Å². The molecule has 2 N–H and O–H groups in total. The summed E-state index contributed by atoms with van der Waals surface area (Å²) in [7, 11) is 8.75. The number of piperazine rings is 4. The van der Waals surface area contributed by atoms with Crippen molar-refractivity contribution in [2.75, 3.05) is 143 Å². The minimum Gasteiger partial charge on any atom is -0.384 e. The molecular formula is C47H70N8O. The molecule has 0 saturated carbocycles. The number of benzene rings is 4. The molecule has 4 heterocycles. The lowest BCUT2D eigenvalue weighted by Gasteiger charge is -2.39. The highest BCUT2D eigenvalue weighted by Crippen LogP contribution is 2.31. The summed E-state index contributed by atoms with van der Waals surface area (Å²) in [6.07, 6.45) is -0.548. The number of aliphatic hydroxyl groups excluding tert-OH is 1. The van der Waals surface area contributed by atoms with Gasteiger partial charge >= 0.3 is 0 Å². The zero-order valence-electron chi connectivity index (χ0n) is 33.9. The van der Waals surface area contributed by atoms with Gasteiger partial charge in [-0.15, -0.1) is 0 Å². The van der Waals surface area contributed by atoms with Crippen LogP contribution in [0.25, 0.3) is 0 Å². The van der Waals surface area contributed by atoms with E-state index in [4.69, 9.17) is 0 Å². The topological polar surface area (TPSA) is 54.9 Å². The lowest BCUT2D eigenvalue weighted by atomic mass is 9.96. The summed E-state index contributed by atoms with van der Waals surface area (Å²) < 4.78 is 0. The highest BCUT2D eigenvalue weighted by atomic mass is 16.3. The number of anilines is 2. The predicted molar refractivity (Wildman–Crippen MR) is 237 cm³/mol. The fourth-order valence-corrected chi connectivity index (χ4v) is 7.80. The van der Waals surface area contributed by atoms with E-state index in [9.17, 15) is 5.11 Å². The zero-order chi connectivity index (χ0) is 38.4. The Balaban J connectivity index is 0.000000183. The number of hydrogen-bond donors (Lipinski definition) is 2. The predicted octanol–water partition coefficient (Wildman–Crippen LogP) is 5.45. The van der Waals surface area contributed by atoms with E-state index >= 15 is 0 Å². The van der Waals surface area contributed by atoms with Crippen LogP contribution >= 0.6 is 0 Å².